The SMILES string of the molecule is CCC(C)SCC(N)Cc1cccc(Cl)c1. The van der Waals surface area contributed by atoms with Gasteiger partial charge in [-0.15, -0.1) is 0 Å². The van der Waals surface area contributed by atoms with Gasteiger partial charge in [-0.2, -0.15) is 11.8 Å². The molecule has 1 nitrogen and oxygen atoms in total. The van der Waals surface area contributed by atoms with Gasteiger partial charge in [0, 0.05) is 22.1 Å². The topological polar surface area (TPSA) is 26.0 Å². The first-order valence-corrected chi connectivity index (χ1v) is 7.16. The minimum atomic E-state index is 0.220. The largest absolute Gasteiger partial charge is 0.327 e. The summed E-state index contributed by atoms with van der Waals surface area (Å²) in [5.74, 6) is 1.02. The zero-order valence-electron chi connectivity index (χ0n) is 9.95. The number of rotatable bonds is 6. The van der Waals surface area contributed by atoms with Crippen molar-refractivity contribution in [3.63, 3.8) is 0 Å². The second kappa shape index (κ2) is 7.21. The summed E-state index contributed by atoms with van der Waals surface area (Å²) in [6.07, 6.45) is 2.11. The molecule has 2 N–H and O–H groups in total. The molecule has 1 aromatic carbocycles. The second-order valence-corrected chi connectivity index (χ2v) is 6.05. The summed E-state index contributed by atoms with van der Waals surface area (Å²) in [7, 11) is 0. The number of thioether (sulfide) groups is 1. The molecule has 1 rings (SSSR count). The predicted molar refractivity (Wildman–Crippen MR) is 75.3 cm³/mol. The molecule has 0 saturated carbocycles. The summed E-state index contributed by atoms with van der Waals surface area (Å²) < 4.78 is 0. The Morgan fingerprint density at radius 1 is 1.44 bits per heavy atom. The molecule has 2 unspecified atom stereocenters. The molecule has 0 aliphatic carbocycles. The average Bonchev–Trinajstić information content (AvgIpc) is 2.26. The van der Waals surface area contributed by atoms with E-state index in [4.69, 9.17) is 17.3 Å². The van der Waals surface area contributed by atoms with Crippen molar-refractivity contribution in [3.8, 4) is 0 Å². The molecule has 0 radical (unpaired) electrons. The van der Waals surface area contributed by atoms with Crippen molar-refractivity contribution in [3.05, 3.63) is 34.9 Å². The molecule has 16 heavy (non-hydrogen) atoms. The highest BCUT2D eigenvalue weighted by molar-refractivity contribution is 7.99. The highest BCUT2D eigenvalue weighted by Crippen LogP contribution is 2.17. The van der Waals surface area contributed by atoms with Gasteiger partial charge in [0.1, 0.15) is 0 Å². The van der Waals surface area contributed by atoms with Gasteiger partial charge in [-0.25, -0.2) is 0 Å². The maximum absolute atomic E-state index is 6.09. The van der Waals surface area contributed by atoms with Crippen LogP contribution in [0, 0.1) is 0 Å². The number of hydrogen-bond acceptors (Lipinski definition) is 2. The van der Waals surface area contributed by atoms with E-state index in [2.05, 4.69) is 19.9 Å². The van der Waals surface area contributed by atoms with E-state index in [1.54, 1.807) is 0 Å². The predicted octanol–water partition coefficient (Wildman–Crippen LogP) is 3.74. The van der Waals surface area contributed by atoms with Crippen molar-refractivity contribution in [2.24, 2.45) is 5.73 Å². The zero-order chi connectivity index (χ0) is 12.0. The van der Waals surface area contributed by atoms with E-state index in [1.807, 2.05) is 30.0 Å². The smallest absolute Gasteiger partial charge is 0.0408 e. The first-order valence-electron chi connectivity index (χ1n) is 5.73. The quantitative estimate of drug-likeness (QED) is 0.840. The molecule has 0 bridgehead atoms. The lowest BCUT2D eigenvalue weighted by Gasteiger charge is -2.14. The van der Waals surface area contributed by atoms with Gasteiger partial charge < -0.3 is 5.73 Å². The highest BCUT2D eigenvalue weighted by Gasteiger charge is 2.07. The molecule has 2 atom stereocenters. The van der Waals surface area contributed by atoms with Crippen molar-refractivity contribution in [1.29, 1.82) is 0 Å². The van der Waals surface area contributed by atoms with Gasteiger partial charge in [0.15, 0.2) is 0 Å². The Balaban J connectivity index is 2.36. The molecule has 0 spiro atoms. The van der Waals surface area contributed by atoms with E-state index in [9.17, 15) is 0 Å². The summed E-state index contributed by atoms with van der Waals surface area (Å²) in [6.45, 7) is 4.46. The number of nitrogens with two attached hydrogens (primary N) is 1. The standard InChI is InChI=1S/C13H20ClNS/c1-3-10(2)16-9-13(15)8-11-5-4-6-12(14)7-11/h4-7,10,13H,3,8-9,15H2,1-2H3. The van der Waals surface area contributed by atoms with Crippen LogP contribution in [0.2, 0.25) is 5.02 Å². The maximum atomic E-state index is 6.09. The fraction of sp³-hybridized carbons (Fsp3) is 0.538. The summed E-state index contributed by atoms with van der Waals surface area (Å²) >= 11 is 7.88. The fourth-order valence-electron chi connectivity index (χ4n) is 1.43. The van der Waals surface area contributed by atoms with Crippen molar-refractivity contribution in [2.75, 3.05) is 5.75 Å². The molecule has 0 aromatic heterocycles. The third kappa shape index (κ3) is 5.24. The average molecular weight is 258 g/mol. The van der Waals surface area contributed by atoms with Crippen LogP contribution in [-0.4, -0.2) is 17.0 Å². The van der Waals surface area contributed by atoms with E-state index < -0.39 is 0 Å². The van der Waals surface area contributed by atoms with Crippen LogP contribution in [0.5, 0.6) is 0 Å². The van der Waals surface area contributed by atoms with Crippen LogP contribution in [0.4, 0.5) is 0 Å². The highest BCUT2D eigenvalue weighted by atomic mass is 35.5. The number of halogens is 1. The Morgan fingerprint density at radius 2 is 2.19 bits per heavy atom. The summed E-state index contributed by atoms with van der Waals surface area (Å²) in [5, 5.41) is 1.49. The second-order valence-electron chi connectivity index (χ2n) is 4.15. The molecule has 3 heteroatoms. The van der Waals surface area contributed by atoms with Gasteiger partial charge in [0.25, 0.3) is 0 Å². The van der Waals surface area contributed by atoms with Gasteiger partial charge in [-0.3, -0.25) is 0 Å². The summed E-state index contributed by atoms with van der Waals surface area (Å²) in [5.41, 5.74) is 7.32. The molecule has 0 saturated heterocycles. The summed E-state index contributed by atoms with van der Waals surface area (Å²) in [4.78, 5) is 0. The van der Waals surface area contributed by atoms with Crippen molar-refractivity contribution in [1.82, 2.24) is 0 Å². The van der Waals surface area contributed by atoms with Gasteiger partial charge in [-0.1, -0.05) is 37.6 Å². The van der Waals surface area contributed by atoms with E-state index in [-0.39, 0.29) is 6.04 Å². The Hall–Kier alpha value is -0.180. The van der Waals surface area contributed by atoms with Crippen LogP contribution in [0.1, 0.15) is 25.8 Å². The van der Waals surface area contributed by atoms with Gasteiger partial charge in [0.2, 0.25) is 0 Å². The van der Waals surface area contributed by atoms with Crippen LogP contribution >= 0.6 is 23.4 Å². The first kappa shape index (κ1) is 13.9. The lowest BCUT2D eigenvalue weighted by molar-refractivity contribution is 0.745. The molecule has 0 aliphatic rings. The van der Waals surface area contributed by atoms with Gasteiger partial charge in [-0.05, 0) is 30.5 Å². The Labute approximate surface area is 108 Å². The van der Waals surface area contributed by atoms with Gasteiger partial charge in [0.05, 0.1) is 0 Å². The van der Waals surface area contributed by atoms with Crippen molar-refractivity contribution < 1.29 is 0 Å². The molecule has 0 heterocycles. The van der Waals surface area contributed by atoms with Crippen LogP contribution in [-0.2, 0) is 6.42 Å². The molecule has 0 aliphatic heterocycles. The molecule has 90 valence electrons. The third-order valence-electron chi connectivity index (χ3n) is 2.56. The minimum Gasteiger partial charge on any atom is -0.327 e. The molecule has 1 aromatic rings. The molecular weight excluding hydrogens is 238 g/mol. The van der Waals surface area contributed by atoms with E-state index in [0.717, 1.165) is 17.2 Å². The number of benzene rings is 1. The zero-order valence-corrected chi connectivity index (χ0v) is 11.5. The minimum absolute atomic E-state index is 0.220. The Bertz CT molecular complexity index is 317. The van der Waals surface area contributed by atoms with E-state index >= 15 is 0 Å². The van der Waals surface area contributed by atoms with E-state index in [0.29, 0.717) is 5.25 Å². The normalized spacial score (nSPS) is 14.8. The third-order valence-corrected chi connectivity index (χ3v) is 4.31. The monoisotopic (exact) mass is 257 g/mol. The van der Waals surface area contributed by atoms with Crippen LogP contribution < -0.4 is 5.73 Å². The first-order chi connectivity index (χ1) is 7.61. The van der Waals surface area contributed by atoms with E-state index in [1.165, 1.54) is 12.0 Å². The van der Waals surface area contributed by atoms with Crippen molar-refractivity contribution in [2.45, 2.75) is 38.0 Å². The lowest BCUT2D eigenvalue weighted by Crippen LogP contribution is -2.26. The molecular formula is C13H20ClNS. The fourth-order valence-corrected chi connectivity index (χ4v) is 2.57. The Morgan fingerprint density at radius 3 is 2.81 bits per heavy atom. The Kier molecular flexibility index (Phi) is 6.25. The van der Waals surface area contributed by atoms with Gasteiger partial charge >= 0.3 is 0 Å². The molecule has 0 fully saturated rings. The number of hydrogen-bond donors (Lipinski definition) is 1. The van der Waals surface area contributed by atoms with Crippen LogP contribution in [0.3, 0.4) is 0 Å². The van der Waals surface area contributed by atoms with Crippen LogP contribution in [0.25, 0.3) is 0 Å². The maximum Gasteiger partial charge on any atom is 0.0408 e. The molecule has 0 amide bonds. The van der Waals surface area contributed by atoms with Crippen molar-refractivity contribution >= 4 is 23.4 Å². The summed E-state index contributed by atoms with van der Waals surface area (Å²) in [6, 6.07) is 8.17. The lowest BCUT2D eigenvalue weighted by atomic mass is 10.1. The van der Waals surface area contributed by atoms with Crippen LogP contribution in [0.15, 0.2) is 24.3 Å².